The molecule has 0 aliphatic heterocycles. The first-order chi connectivity index (χ1) is 8.04. The monoisotopic (exact) mass is 234 g/mol. The van der Waals surface area contributed by atoms with Crippen molar-refractivity contribution in [3.63, 3.8) is 0 Å². The van der Waals surface area contributed by atoms with Gasteiger partial charge in [0.25, 0.3) is 0 Å². The Morgan fingerprint density at radius 1 is 1.24 bits per heavy atom. The predicted molar refractivity (Wildman–Crippen MR) is 69.5 cm³/mol. The van der Waals surface area contributed by atoms with E-state index in [-0.39, 0.29) is 12.5 Å². The minimum absolute atomic E-state index is 0.181. The molecular weight excluding hydrogens is 212 g/mol. The third-order valence-corrected chi connectivity index (χ3v) is 4.09. The summed E-state index contributed by atoms with van der Waals surface area (Å²) in [7, 11) is 0. The molecule has 0 radical (unpaired) electrons. The van der Waals surface area contributed by atoms with Gasteiger partial charge in [0.15, 0.2) is 0 Å². The molecule has 94 valence electrons. The van der Waals surface area contributed by atoms with E-state index < -0.39 is 0 Å². The quantitative estimate of drug-likeness (QED) is 0.824. The molecule has 0 spiro atoms. The number of phenolic OH excluding ortho intramolecular Hbond substituents is 1. The topological polar surface area (TPSA) is 40.5 Å². The van der Waals surface area contributed by atoms with Crippen molar-refractivity contribution in [1.82, 2.24) is 0 Å². The van der Waals surface area contributed by atoms with Gasteiger partial charge >= 0.3 is 0 Å². The third-order valence-electron chi connectivity index (χ3n) is 4.09. The average molecular weight is 234 g/mol. The first-order valence-electron chi connectivity index (χ1n) is 6.48. The number of hydrogen-bond donors (Lipinski definition) is 2. The molecule has 0 aromatic heterocycles. The zero-order valence-electron chi connectivity index (χ0n) is 10.9. The van der Waals surface area contributed by atoms with Gasteiger partial charge in [-0.15, -0.1) is 0 Å². The number of fused-ring (bicyclic) bond motifs is 1. The fraction of sp³-hybridized carbons (Fsp3) is 0.600. The van der Waals surface area contributed by atoms with E-state index in [1.165, 1.54) is 5.56 Å². The van der Waals surface area contributed by atoms with E-state index in [1.54, 1.807) is 0 Å². The van der Waals surface area contributed by atoms with Crippen molar-refractivity contribution < 1.29 is 10.2 Å². The number of aryl methyl sites for hydroxylation is 1. The lowest BCUT2D eigenvalue weighted by Crippen LogP contribution is -2.20. The van der Waals surface area contributed by atoms with Crippen molar-refractivity contribution >= 4 is 0 Å². The third kappa shape index (κ3) is 2.19. The van der Waals surface area contributed by atoms with Crippen molar-refractivity contribution in [1.29, 1.82) is 0 Å². The van der Waals surface area contributed by atoms with Crippen LogP contribution in [0.25, 0.3) is 0 Å². The Bertz CT molecular complexity index is 410. The lowest BCUT2D eigenvalue weighted by Gasteiger charge is -2.33. The Labute approximate surface area is 103 Å². The summed E-state index contributed by atoms with van der Waals surface area (Å²) in [5.74, 6) is 1.72. The Hall–Kier alpha value is -1.02. The second-order valence-electron chi connectivity index (χ2n) is 5.57. The van der Waals surface area contributed by atoms with E-state index in [2.05, 4.69) is 19.9 Å². The number of rotatable bonds is 2. The standard InChI is InChI=1S/C15H22O2/c1-9(2)12-5-4-11(8-16)13-7-15(17)10(3)6-14(12)13/h6-7,9,11-12,16-17H,4-5,8H2,1-3H3/t11?,12-/m0/s1. The van der Waals surface area contributed by atoms with Gasteiger partial charge in [0.1, 0.15) is 5.75 Å². The lowest BCUT2D eigenvalue weighted by molar-refractivity contribution is 0.242. The lowest BCUT2D eigenvalue weighted by atomic mass is 9.72. The van der Waals surface area contributed by atoms with E-state index in [0.717, 1.165) is 24.0 Å². The highest BCUT2D eigenvalue weighted by atomic mass is 16.3. The fourth-order valence-corrected chi connectivity index (χ4v) is 2.98. The van der Waals surface area contributed by atoms with Gasteiger partial charge in [-0.05, 0) is 54.4 Å². The first-order valence-corrected chi connectivity index (χ1v) is 6.48. The minimum Gasteiger partial charge on any atom is -0.508 e. The van der Waals surface area contributed by atoms with Gasteiger partial charge in [-0.2, -0.15) is 0 Å². The van der Waals surface area contributed by atoms with Gasteiger partial charge in [0.05, 0.1) is 0 Å². The number of aliphatic hydroxyl groups excluding tert-OH is 1. The highest BCUT2D eigenvalue weighted by Gasteiger charge is 2.29. The molecule has 0 saturated heterocycles. The van der Waals surface area contributed by atoms with Crippen LogP contribution in [0.2, 0.25) is 0 Å². The maximum Gasteiger partial charge on any atom is 0.118 e. The summed E-state index contributed by atoms with van der Waals surface area (Å²) in [6.45, 7) is 6.61. The highest BCUT2D eigenvalue weighted by Crippen LogP contribution is 2.44. The summed E-state index contributed by atoms with van der Waals surface area (Å²) in [4.78, 5) is 0. The molecule has 0 fully saturated rings. The van der Waals surface area contributed by atoms with Crippen LogP contribution in [0.15, 0.2) is 12.1 Å². The smallest absolute Gasteiger partial charge is 0.118 e. The van der Waals surface area contributed by atoms with Crippen LogP contribution >= 0.6 is 0 Å². The van der Waals surface area contributed by atoms with Crippen LogP contribution in [0.5, 0.6) is 5.75 Å². The Balaban J connectivity index is 2.51. The second-order valence-corrected chi connectivity index (χ2v) is 5.57. The summed E-state index contributed by atoms with van der Waals surface area (Å²) in [5, 5.41) is 19.3. The maximum atomic E-state index is 9.83. The summed E-state index contributed by atoms with van der Waals surface area (Å²) < 4.78 is 0. The molecule has 2 heteroatoms. The van der Waals surface area contributed by atoms with Crippen LogP contribution in [0.4, 0.5) is 0 Å². The van der Waals surface area contributed by atoms with E-state index in [0.29, 0.717) is 17.6 Å². The van der Waals surface area contributed by atoms with Gasteiger partial charge in [-0.1, -0.05) is 19.9 Å². The van der Waals surface area contributed by atoms with E-state index in [1.807, 2.05) is 13.0 Å². The van der Waals surface area contributed by atoms with Crippen LogP contribution in [-0.4, -0.2) is 16.8 Å². The predicted octanol–water partition coefficient (Wildman–Crippen LogP) is 3.31. The number of aromatic hydroxyl groups is 1. The van der Waals surface area contributed by atoms with Gasteiger partial charge in [0.2, 0.25) is 0 Å². The molecule has 1 aromatic rings. The Kier molecular flexibility index (Phi) is 3.43. The van der Waals surface area contributed by atoms with Crippen molar-refractivity contribution in [2.24, 2.45) is 5.92 Å². The second kappa shape index (κ2) is 4.69. The van der Waals surface area contributed by atoms with Crippen molar-refractivity contribution in [2.45, 2.75) is 45.4 Å². The molecule has 2 atom stereocenters. The summed E-state index contributed by atoms with van der Waals surface area (Å²) in [6.07, 6.45) is 2.16. The minimum atomic E-state index is 0.181. The zero-order valence-corrected chi connectivity index (χ0v) is 10.9. The van der Waals surface area contributed by atoms with Crippen LogP contribution in [-0.2, 0) is 0 Å². The normalized spacial score (nSPS) is 23.8. The van der Waals surface area contributed by atoms with Gasteiger partial charge in [-0.3, -0.25) is 0 Å². The first kappa shape index (κ1) is 12.4. The fourth-order valence-electron chi connectivity index (χ4n) is 2.98. The average Bonchev–Trinajstić information content (AvgIpc) is 2.29. The molecule has 17 heavy (non-hydrogen) atoms. The van der Waals surface area contributed by atoms with Gasteiger partial charge in [-0.25, -0.2) is 0 Å². The van der Waals surface area contributed by atoms with Gasteiger partial charge in [0, 0.05) is 12.5 Å². The van der Waals surface area contributed by atoms with Crippen molar-refractivity contribution in [3.05, 3.63) is 28.8 Å². The molecule has 2 nitrogen and oxygen atoms in total. The van der Waals surface area contributed by atoms with Crippen molar-refractivity contribution in [2.75, 3.05) is 6.61 Å². The van der Waals surface area contributed by atoms with Crippen molar-refractivity contribution in [3.8, 4) is 5.75 Å². The molecular formula is C15H22O2. The summed E-state index contributed by atoms with van der Waals surface area (Å²) in [6, 6.07) is 3.97. The molecule has 0 heterocycles. The molecule has 0 amide bonds. The number of hydrogen-bond acceptors (Lipinski definition) is 2. The molecule has 1 aliphatic rings. The molecule has 1 aliphatic carbocycles. The van der Waals surface area contributed by atoms with Crippen LogP contribution in [0, 0.1) is 12.8 Å². The number of aliphatic hydroxyl groups is 1. The SMILES string of the molecule is Cc1cc2c(cc1O)C(CO)CC[C@H]2C(C)C. The molecule has 1 aromatic carbocycles. The molecule has 1 unspecified atom stereocenters. The van der Waals surface area contributed by atoms with E-state index in [4.69, 9.17) is 0 Å². The van der Waals surface area contributed by atoms with E-state index >= 15 is 0 Å². The molecule has 2 N–H and O–H groups in total. The molecule has 0 bridgehead atoms. The number of benzene rings is 1. The summed E-state index contributed by atoms with van der Waals surface area (Å²) in [5.41, 5.74) is 3.43. The highest BCUT2D eigenvalue weighted by molar-refractivity contribution is 5.46. The Morgan fingerprint density at radius 3 is 2.53 bits per heavy atom. The largest absolute Gasteiger partial charge is 0.508 e. The van der Waals surface area contributed by atoms with Crippen LogP contribution in [0.1, 0.15) is 55.2 Å². The van der Waals surface area contributed by atoms with E-state index in [9.17, 15) is 10.2 Å². The molecule has 0 saturated carbocycles. The van der Waals surface area contributed by atoms with Gasteiger partial charge < -0.3 is 10.2 Å². The summed E-state index contributed by atoms with van der Waals surface area (Å²) >= 11 is 0. The van der Waals surface area contributed by atoms with Crippen LogP contribution < -0.4 is 0 Å². The molecule has 2 rings (SSSR count). The number of phenols is 1. The Morgan fingerprint density at radius 2 is 1.94 bits per heavy atom. The van der Waals surface area contributed by atoms with Crippen LogP contribution in [0.3, 0.4) is 0 Å². The zero-order chi connectivity index (χ0) is 12.6. The maximum absolute atomic E-state index is 9.83.